The van der Waals surface area contributed by atoms with Gasteiger partial charge in [0, 0.05) is 16.4 Å². The first-order valence-electron chi connectivity index (χ1n) is 6.90. The third-order valence-electron chi connectivity index (χ3n) is 2.78. The zero-order valence-electron chi connectivity index (χ0n) is 12.9. The number of rotatable bonds is 7. The third-order valence-corrected chi connectivity index (χ3v) is 3.19. The number of halogens is 1. The van der Waals surface area contributed by atoms with E-state index in [4.69, 9.17) is 16.3 Å². The van der Waals surface area contributed by atoms with Gasteiger partial charge in [-0.25, -0.2) is 5.43 Å². The van der Waals surface area contributed by atoms with Crippen molar-refractivity contribution < 1.29 is 14.3 Å². The van der Waals surface area contributed by atoms with E-state index >= 15 is 0 Å². The normalized spacial score (nSPS) is 11.0. The molecular formula is C15H20ClN3O3. The summed E-state index contributed by atoms with van der Waals surface area (Å²) in [5, 5.41) is 7.46. The quantitative estimate of drug-likeness (QED) is 0.458. The summed E-state index contributed by atoms with van der Waals surface area (Å²) in [6.07, 6.45) is 0.0505. The van der Waals surface area contributed by atoms with Crippen LogP contribution in [0, 0.1) is 6.92 Å². The minimum Gasteiger partial charge on any atom is -0.466 e. The van der Waals surface area contributed by atoms with E-state index in [0.717, 1.165) is 11.3 Å². The molecule has 0 aliphatic rings. The molecule has 0 heterocycles. The Labute approximate surface area is 134 Å². The number of hydrazone groups is 1. The van der Waals surface area contributed by atoms with E-state index < -0.39 is 0 Å². The summed E-state index contributed by atoms with van der Waals surface area (Å²) < 4.78 is 4.79. The summed E-state index contributed by atoms with van der Waals surface area (Å²) in [6.45, 7) is 5.62. The van der Waals surface area contributed by atoms with Gasteiger partial charge in [-0.05, 0) is 38.5 Å². The zero-order chi connectivity index (χ0) is 16.5. The molecule has 1 rings (SSSR count). The van der Waals surface area contributed by atoms with E-state index in [1.54, 1.807) is 26.0 Å². The highest BCUT2D eigenvalue weighted by molar-refractivity contribution is 6.31. The maximum Gasteiger partial charge on any atom is 0.311 e. The van der Waals surface area contributed by atoms with E-state index in [1.807, 2.05) is 13.0 Å². The van der Waals surface area contributed by atoms with Crippen molar-refractivity contribution >= 4 is 34.9 Å². The molecule has 0 aliphatic heterocycles. The minimum atomic E-state index is -0.370. The van der Waals surface area contributed by atoms with E-state index in [-0.39, 0.29) is 24.8 Å². The second kappa shape index (κ2) is 9.04. The fourth-order valence-corrected chi connectivity index (χ4v) is 1.81. The van der Waals surface area contributed by atoms with E-state index in [1.165, 1.54) is 0 Å². The van der Waals surface area contributed by atoms with Crippen molar-refractivity contribution in [2.45, 2.75) is 27.2 Å². The van der Waals surface area contributed by atoms with Gasteiger partial charge in [0.1, 0.15) is 0 Å². The first-order valence-corrected chi connectivity index (χ1v) is 7.28. The van der Waals surface area contributed by atoms with Gasteiger partial charge in [0.05, 0.1) is 19.6 Å². The smallest absolute Gasteiger partial charge is 0.311 e. The van der Waals surface area contributed by atoms with Crippen LogP contribution in [0.5, 0.6) is 0 Å². The fraction of sp³-hybridized carbons (Fsp3) is 0.400. The maximum atomic E-state index is 11.7. The molecule has 0 fully saturated rings. The van der Waals surface area contributed by atoms with Crippen molar-refractivity contribution in [3.8, 4) is 0 Å². The molecule has 1 aromatic carbocycles. The van der Waals surface area contributed by atoms with Crippen molar-refractivity contribution in [1.29, 1.82) is 0 Å². The Morgan fingerprint density at radius 1 is 1.36 bits per heavy atom. The molecule has 0 atom stereocenters. The van der Waals surface area contributed by atoms with Gasteiger partial charge in [0.15, 0.2) is 0 Å². The Balaban J connectivity index is 2.43. The first-order chi connectivity index (χ1) is 10.4. The van der Waals surface area contributed by atoms with Crippen molar-refractivity contribution in [3.05, 3.63) is 28.8 Å². The van der Waals surface area contributed by atoms with E-state index in [0.29, 0.717) is 17.3 Å². The van der Waals surface area contributed by atoms with Crippen LogP contribution in [-0.2, 0) is 14.3 Å². The molecule has 7 heteroatoms. The number of amides is 1. The molecule has 22 heavy (non-hydrogen) atoms. The number of hydrogen-bond donors (Lipinski definition) is 2. The number of hydrogen-bond acceptors (Lipinski definition) is 5. The number of anilines is 1. The average molecular weight is 326 g/mol. The summed E-state index contributed by atoms with van der Waals surface area (Å²) in [7, 11) is 0. The van der Waals surface area contributed by atoms with Crippen LogP contribution in [-0.4, -0.2) is 30.7 Å². The topological polar surface area (TPSA) is 79.8 Å². The molecule has 0 radical (unpaired) electrons. The summed E-state index contributed by atoms with van der Waals surface area (Å²) in [6, 6.07) is 5.42. The molecule has 1 amide bonds. The van der Waals surface area contributed by atoms with Gasteiger partial charge >= 0.3 is 5.97 Å². The van der Waals surface area contributed by atoms with Crippen LogP contribution in [0.4, 0.5) is 5.69 Å². The van der Waals surface area contributed by atoms with Gasteiger partial charge < -0.3 is 10.1 Å². The number of carbonyl (C=O) groups is 2. The van der Waals surface area contributed by atoms with Crippen LogP contribution in [0.15, 0.2) is 23.3 Å². The Morgan fingerprint density at radius 3 is 2.77 bits per heavy atom. The van der Waals surface area contributed by atoms with Gasteiger partial charge in [-0.3, -0.25) is 9.59 Å². The number of esters is 1. The van der Waals surface area contributed by atoms with Gasteiger partial charge in [-0.1, -0.05) is 17.7 Å². The van der Waals surface area contributed by atoms with Crippen LogP contribution >= 0.6 is 11.6 Å². The Bertz CT molecular complexity index is 573. The Hall–Kier alpha value is -2.08. The molecule has 120 valence electrons. The zero-order valence-corrected chi connectivity index (χ0v) is 13.7. The number of nitrogens with one attached hydrogen (secondary N) is 2. The van der Waals surface area contributed by atoms with E-state index in [9.17, 15) is 9.59 Å². The Morgan fingerprint density at radius 2 is 2.09 bits per heavy atom. The summed E-state index contributed by atoms with van der Waals surface area (Å²) in [5.41, 5.74) is 4.52. The highest BCUT2D eigenvalue weighted by Crippen LogP contribution is 2.22. The highest BCUT2D eigenvalue weighted by atomic mass is 35.5. The molecule has 0 saturated carbocycles. The summed E-state index contributed by atoms with van der Waals surface area (Å²) in [4.78, 5) is 22.9. The van der Waals surface area contributed by atoms with Gasteiger partial charge in [-0.15, -0.1) is 0 Å². The standard InChI is InChI=1S/C15H20ClN3O3/c1-4-22-15(21)8-10(2)18-19-14(20)9-17-13-7-5-6-12(16)11(13)3/h5-7,17H,4,8-9H2,1-3H3,(H,19,20)/b18-10-. The second-order valence-electron chi connectivity index (χ2n) is 4.63. The van der Waals surface area contributed by atoms with E-state index in [2.05, 4.69) is 15.8 Å². The second-order valence-corrected chi connectivity index (χ2v) is 5.04. The molecule has 0 saturated heterocycles. The van der Waals surface area contributed by atoms with Crippen molar-refractivity contribution in [2.75, 3.05) is 18.5 Å². The fourth-order valence-electron chi connectivity index (χ4n) is 1.63. The van der Waals surface area contributed by atoms with Gasteiger partial charge in [-0.2, -0.15) is 5.10 Å². The molecule has 0 unspecified atom stereocenters. The number of nitrogens with zero attached hydrogens (tertiary/aromatic N) is 1. The predicted octanol–water partition coefficient (Wildman–Crippen LogP) is 2.51. The van der Waals surface area contributed by atoms with Crippen LogP contribution in [0.1, 0.15) is 25.8 Å². The summed E-state index contributed by atoms with van der Waals surface area (Å²) in [5.74, 6) is -0.687. The monoisotopic (exact) mass is 325 g/mol. The molecule has 2 N–H and O–H groups in total. The largest absolute Gasteiger partial charge is 0.466 e. The van der Waals surface area contributed by atoms with Crippen molar-refractivity contribution in [1.82, 2.24) is 5.43 Å². The predicted molar refractivity (Wildman–Crippen MR) is 87.2 cm³/mol. The number of benzene rings is 1. The van der Waals surface area contributed by atoms with Crippen LogP contribution < -0.4 is 10.7 Å². The average Bonchev–Trinajstić information content (AvgIpc) is 2.47. The van der Waals surface area contributed by atoms with Crippen molar-refractivity contribution in [2.24, 2.45) is 5.10 Å². The molecule has 1 aromatic rings. The molecule has 0 aliphatic carbocycles. The number of carbonyl (C=O) groups excluding carboxylic acids is 2. The lowest BCUT2D eigenvalue weighted by atomic mass is 10.2. The highest BCUT2D eigenvalue weighted by Gasteiger charge is 2.06. The van der Waals surface area contributed by atoms with Crippen LogP contribution in [0.25, 0.3) is 0 Å². The third kappa shape index (κ3) is 6.13. The molecule has 0 aromatic heterocycles. The maximum absolute atomic E-state index is 11.7. The Kier molecular flexibility index (Phi) is 7.39. The van der Waals surface area contributed by atoms with Crippen LogP contribution in [0.2, 0.25) is 5.02 Å². The van der Waals surface area contributed by atoms with Gasteiger partial charge in [0.2, 0.25) is 0 Å². The lowest BCUT2D eigenvalue weighted by Gasteiger charge is -2.09. The summed E-state index contributed by atoms with van der Waals surface area (Å²) >= 11 is 6.00. The molecule has 0 spiro atoms. The van der Waals surface area contributed by atoms with Gasteiger partial charge in [0.25, 0.3) is 5.91 Å². The minimum absolute atomic E-state index is 0.0505. The molecular weight excluding hydrogens is 306 g/mol. The lowest BCUT2D eigenvalue weighted by molar-refractivity contribution is -0.141. The van der Waals surface area contributed by atoms with Crippen LogP contribution in [0.3, 0.4) is 0 Å². The first kappa shape index (κ1) is 18.0. The molecule has 0 bridgehead atoms. The lowest BCUT2D eigenvalue weighted by Crippen LogP contribution is -2.27. The SMILES string of the molecule is CCOC(=O)C/C(C)=N\NC(=O)CNc1cccc(Cl)c1C. The molecule has 6 nitrogen and oxygen atoms in total. The van der Waals surface area contributed by atoms with Crippen molar-refractivity contribution in [3.63, 3.8) is 0 Å². The number of ether oxygens (including phenoxy) is 1.